The molecular formula is C32H33BrN2O7. The monoisotopic (exact) mass is 636 g/mol. The number of hydrogen-bond donors (Lipinski definition) is 1. The van der Waals surface area contributed by atoms with E-state index in [-0.39, 0.29) is 23.3 Å². The number of esters is 1. The lowest BCUT2D eigenvalue weighted by Crippen LogP contribution is -2.54. The van der Waals surface area contributed by atoms with E-state index in [9.17, 15) is 19.2 Å². The van der Waals surface area contributed by atoms with E-state index in [1.165, 1.54) is 57.3 Å². The smallest absolute Gasteiger partial charge is 0.343 e. The standard InChI is InChI=1S/C32H33BrN2O7/c1-3-41-26-12-21(25(33)13-27(26)42-17-28(36)40-2)11-24-29(37)34-31(39)35(30(24)38)23-6-4-22(5-7-23)32-14-18-8-19(15-32)10-20(9-18)16-32/h4-7,11-13,18-20H,3,8-10,14-17H2,1-2H3,(H,34,37,39)/b24-11+. The summed E-state index contributed by atoms with van der Waals surface area (Å²) >= 11 is 3.45. The second-order valence-corrected chi connectivity index (χ2v) is 12.7. The molecule has 0 atom stereocenters. The summed E-state index contributed by atoms with van der Waals surface area (Å²) in [5.74, 6) is 0.949. The van der Waals surface area contributed by atoms with Crippen LogP contribution in [0.5, 0.6) is 11.5 Å². The van der Waals surface area contributed by atoms with E-state index in [4.69, 9.17) is 9.47 Å². The van der Waals surface area contributed by atoms with Crippen molar-refractivity contribution in [2.24, 2.45) is 17.8 Å². The molecule has 4 bridgehead atoms. The number of halogens is 1. The minimum absolute atomic E-state index is 0.194. The molecule has 1 aliphatic heterocycles. The molecule has 10 heteroatoms. The van der Waals surface area contributed by atoms with Crippen LogP contribution in [-0.2, 0) is 24.5 Å². The highest BCUT2D eigenvalue weighted by Crippen LogP contribution is 2.60. The van der Waals surface area contributed by atoms with Crippen LogP contribution in [0.2, 0.25) is 0 Å². The molecule has 0 spiro atoms. The minimum Gasteiger partial charge on any atom is -0.490 e. The van der Waals surface area contributed by atoms with Gasteiger partial charge in [0.15, 0.2) is 18.1 Å². The van der Waals surface area contributed by atoms with Gasteiger partial charge in [0, 0.05) is 4.47 Å². The number of carbonyl (C=O) groups excluding carboxylic acids is 4. The van der Waals surface area contributed by atoms with E-state index < -0.39 is 23.8 Å². The Morgan fingerprint density at radius 3 is 2.21 bits per heavy atom. The highest BCUT2D eigenvalue weighted by molar-refractivity contribution is 9.10. The Morgan fingerprint density at radius 1 is 1.00 bits per heavy atom. The maximum Gasteiger partial charge on any atom is 0.343 e. The van der Waals surface area contributed by atoms with Crippen LogP contribution in [-0.4, -0.2) is 44.1 Å². The van der Waals surface area contributed by atoms with Crippen LogP contribution in [0, 0.1) is 17.8 Å². The second kappa shape index (κ2) is 11.2. The number of benzene rings is 2. The number of methoxy groups -OCH3 is 1. The Balaban J connectivity index is 1.27. The molecule has 5 fully saturated rings. The molecule has 0 radical (unpaired) electrons. The van der Waals surface area contributed by atoms with Crippen molar-refractivity contribution in [2.45, 2.75) is 50.9 Å². The van der Waals surface area contributed by atoms with Crippen LogP contribution in [0.15, 0.2) is 46.4 Å². The van der Waals surface area contributed by atoms with Crippen LogP contribution >= 0.6 is 15.9 Å². The average molecular weight is 638 g/mol. The van der Waals surface area contributed by atoms with Gasteiger partial charge in [-0.25, -0.2) is 14.5 Å². The molecule has 42 heavy (non-hydrogen) atoms. The zero-order valence-electron chi connectivity index (χ0n) is 23.6. The van der Waals surface area contributed by atoms with Crippen molar-refractivity contribution in [1.29, 1.82) is 0 Å². The fraction of sp³-hybridized carbons (Fsp3) is 0.438. The zero-order chi connectivity index (χ0) is 29.6. The Kier molecular flexibility index (Phi) is 7.59. The molecule has 2 aromatic rings. The molecule has 2 aromatic carbocycles. The summed E-state index contributed by atoms with van der Waals surface area (Å²) in [6, 6.07) is 10.1. The summed E-state index contributed by atoms with van der Waals surface area (Å²) < 4.78 is 16.3. The number of anilines is 1. The maximum absolute atomic E-state index is 13.6. The van der Waals surface area contributed by atoms with Gasteiger partial charge >= 0.3 is 12.0 Å². The molecule has 1 heterocycles. The third-order valence-electron chi connectivity index (χ3n) is 9.11. The first kappa shape index (κ1) is 28.5. The maximum atomic E-state index is 13.6. The van der Waals surface area contributed by atoms with Crippen LogP contribution in [0.1, 0.15) is 56.6 Å². The van der Waals surface area contributed by atoms with Crippen molar-refractivity contribution in [2.75, 3.05) is 25.2 Å². The first-order valence-electron chi connectivity index (χ1n) is 14.4. The van der Waals surface area contributed by atoms with Crippen LogP contribution in [0.25, 0.3) is 6.08 Å². The molecule has 0 aromatic heterocycles. The third kappa shape index (κ3) is 5.21. The van der Waals surface area contributed by atoms with Gasteiger partial charge in [-0.3, -0.25) is 14.9 Å². The molecule has 4 amide bonds. The Labute approximate surface area is 252 Å². The summed E-state index contributed by atoms with van der Waals surface area (Å²) in [7, 11) is 1.26. The van der Waals surface area contributed by atoms with E-state index in [0.29, 0.717) is 28.1 Å². The zero-order valence-corrected chi connectivity index (χ0v) is 25.2. The molecule has 1 saturated heterocycles. The number of imide groups is 2. The van der Waals surface area contributed by atoms with Crippen LogP contribution in [0.3, 0.4) is 0 Å². The van der Waals surface area contributed by atoms with E-state index in [0.717, 1.165) is 22.7 Å². The van der Waals surface area contributed by atoms with Crippen molar-refractivity contribution >= 4 is 51.5 Å². The van der Waals surface area contributed by atoms with Crippen molar-refractivity contribution in [3.63, 3.8) is 0 Å². The van der Waals surface area contributed by atoms with Gasteiger partial charge in [0.1, 0.15) is 5.57 Å². The molecule has 1 N–H and O–H groups in total. The molecule has 7 rings (SSSR count). The number of ether oxygens (including phenoxy) is 3. The lowest BCUT2D eigenvalue weighted by molar-refractivity contribution is -0.143. The summed E-state index contributed by atoms with van der Waals surface area (Å²) in [6.45, 7) is 1.79. The number of barbiturate groups is 1. The average Bonchev–Trinajstić information content (AvgIpc) is 2.95. The first-order valence-corrected chi connectivity index (χ1v) is 15.2. The summed E-state index contributed by atoms with van der Waals surface area (Å²) in [5.41, 5.74) is 2.13. The van der Waals surface area contributed by atoms with Gasteiger partial charge in [-0.05, 0) is 110 Å². The Morgan fingerprint density at radius 2 is 1.62 bits per heavy atom. The van der Waals surface area contributed by atoms with Gasteiger partial charge in [0.05, 0.1) is 19.4 Å². The van der Waals surface area contributed by atoms with E-state index in [1.54, 1.807) is 19.1 Å². The fourth-order valence-electron chi connectivity index (χ4n) is 7.71. The number of rotatable bonds is 8. The largest absolute Gasteiger partial charge is 0.490 e. The number of hydrogen-bond acceptors (Lipinski definition) is 7. The first-order chi connectivity index (χ1) is 20.2. The van der Waals surface area contributed by atoms with E-state index >= 15 is 0 Å². The molecule has 5 aliphatic rings. The van der Waals surface area contributed by atoms with Crippen molar-refractivity contribution in [3.05, 3.63) is 57.6 Å². The normalized spacial score (nSPS) is 27.3. The van der Waals surface area contributed by atoms with E-state index in [2.05, 4.69) is 38.1 Å². The molecule has 9 nitrogen and oxygen atoms in total. The van der Waals surface area contributed by atoms with Crippen molar-refractivity contribution in [3.8, 4) is 11.5 Å². The molecule has 220 valence electrons. The number of nitrogens with zero attached hydrogens (tertiary/aromatic N) is 1. The third-order valence-corrected chi connectivity index (χ3v) is 9.80. The van der Waals surface area contributed by atoms with Gasteiger partial charge in [0.2, 0.25) is 0 Å². The SMILES string of the molecule is CCOc1cc(/C=C2\C(=O)NC(=O)N(c3ccc(C45CC6CC(CC(C6)C4)C5)cc3)C2=O)c(Br)cc1OCC(=O)OC. The topological polar surface area (TPSA) is 111 Å². The highest BCUT2D eigenvalue weighted by atomic mass is 79.9. The van der Waals surface area contributed by atoms with Gasteiger partial charge in [-0.2, -0.15) is 0 Å². The lowest BCUT2D eigenvalue weighted by Gasteiger charge is -2.57. The lowest BCUT2D eigenvalue weighted by atomic mass is 9.48. The van der Waals surface area contributed by atoms with Gasteiger partial charge in [0.25, 0.3) is 11.8 Å². The number of nitrogens with one attached hydrogen (secondary N) is 1. The van der Waals surface area contributed by atoms with Crippen molar-refractivity contribution in [1.82, 2.24) is 5.32 Å². The Bertz CT molecular complexity index is 1450. The summed E-state index contributed by atoms with van der Waals surface area (Å²) in [6.07, 6.45) is 9.12. The fourth-order valence-corrected chi connectivity index (χ4v) is 8.15. The summed E-state index contributed by atoms with van der Waals surface area (Å²) in [4.78, 5) is 51.9. The van der Waals surface area contributed by atoms with Crippen molar-refractivity contribution < 1.29 is 33.4 Å². The van der Waals surface area contributed by atoms with E-state index in [1.807, 2.05) is 12.1 Å². The second-order valence-electron chi connectivity index (χ2n) is 11.8. The predicted molar refractivity (Wildman–Crippen MR) is 158 cm³/mol. The van der Waals surface area contributed by atoms with Gasteiger partial charge in [-0.1, -0.05) is 28.1 Å². The molecular weight excluding hydrogens is 604 g/mol. The predicted octanol–water partition coefficient (Wildman–Crippen LogP) is 5.53. The minimum atomic E-state index is -0.790. The highest BCUT2D eigenvalue weighted by Gasteiger charge is 2.51. The molecule has 4 aliphatic carbocycles. The van der Waals surface area contributed by atoms with Crippen LogP contribution in [0.4, 0.5) is 10.5 Å². The summed E-state index contributed by atoms with van der Waals surface area (Å²) in [5, 5.41) is 2.30. The number of amides is 4. The quantitative estimate of drug-likeness (QED) is 0.230. The van der Waals surface area contributed by atoms with Gasteiger partial charge in [-0.15, -0.1) is 0 Å². The number of urea groups is 1. The molecule has 0 unspecified atom stereocenters. The van der Waals surface area contributed by atoms with Crippen LogP contribution < -0.4 is 19.7 Å². The number of carbonyl (C=O) groups is 4. The van der Waals surface area contributed by atoms with Gasteiger partial charge < -0.3 is 14.2 Å². The molecule has 4 saturated carbocycles. The Hall–Kier alpha value is -3.66.